The second kappa shape index (κ2) is 14.1. The van der Waals surface area contributed by atoms with Crippen molar-refractivity contribution in [2.75, 3.05) is 4.90 Å². The molecule has 1 aliphatic carbocycles. The van der Waals surface area contributed by atoms with Crippen molar-refractivity contribution in [2.45, 2.75) is 5.41 Å². The van der Waals surface area contributed by atoms with E-state index in [4.69, 9.17) is 4.42 Å². The second-order valence-electron chi connectivity index (χ2n) is 15.7. The lowest BCUT2D eigenvalue weighted by Crippen LogP contribution is -2.28. The van der Waals surface area contributed by atoms with Crippen molar-refractivity contribution < 1.29 is 9.90 Å². The second-order valence-corrected chi connectivity index (χ2v) is 15.7. The van der Waals surface area contributed by atoms with Gasteiger partial charge >= 0.3 is 0 Å². The van der Waals surface area contributed by atoms with E-state index in [0.717, 1.165) is 60.5 Å². The predicted octanol–water partition coefficient (Wildman–Crippen LogP) is 15.9. The highest BCUT2D eigenvalue weighted by molar-refractivity contribution is 6.12. The summed E-state index contributed by atoms with van der Waals surface area (Å²) in [4.78, 5) is 1.91. The summed E-state index contributed by atoms with van der Waals surface area (Å²) in [6.45, 7) is 0. The van der Waals surface area contributed by atoms with E-state index in [0.29, 0.717) is 28.1 Å². The fraction of sp³-hybridized carbons (Fsp3) is 0.0169. The van der Waals surface area contributed by atoms with E-state index >= 15 is 0 Å². The molecule has 61 heavy (non-hydrogen) atoms. The Morgan fingerprint density at radius 1 is 0.377 bits per heavy atom. The summed E-state index contributed by atoms with van der Waals surface area (Å²) in [5, 5.41) is 3.91. The van der Waals surface area contributed by atoms with Crippen molar-refractivity contribution in [2.24, 2.45) is 0 Å². The quantitative estimate of drug-likeness (QED) is 0.160. The van der Waals surface area contributed by atoms with Gasteiger partial charge in [-0.1, -0.05) is 188 Å². The van der Waals surface area contributed by atoms with Crippen LogP contribution >= 0.6 is 0 Å². The maximum absolute atomic E-state index is 9.90. The third-order valence-corrected chi connectivity index (χ3v) is 12.4. The molecule has 2 heteroatoms. The fourth-order valence-electron chi connectivity index (χ4n) is 9.78. The molecule has 0 spiro atoms. The van der Waals surface area contributed by atoms with Crippen LogP contribution in [0.5, 0.6) is 0 Å². The standard InChI is InChI=1S/C59H39NO/c1-3-17-43(18-4-1)59(44-19-5-2-6-20-44)54-26-11-9-22-51(54)52-38-37-47(39-55(52)59)60(45-33-29-41(30-34-45)49-24-13-16-40-15-7-8-21-48(40)49)46-35-31-42(32-36-46)50-25-14-28-57-58(50)53-23-10-12-27-56(53)61-57/h1-39H/i31D,32D,35D,36D. The first-order valence-electron chi connectivity index (χ1n) is 22.7. The Kier molecular flexibility index (Phi) is 7.18. The summed E-state index contributed by atoms with van der Waals surface area (Å²) in [5.74, 6) is 0. The van der Waals surface area contributed by atoms with Crippen molar-refractivity contribution in [3.63, 3.8) is 0 Å². The molecule has 1 aromatic heterocycles. The smallest absolute Gasteiger partial charge is 0.136 e. The van der Waals surface area contributed by atoms with Crippen molar-refractivity contribution >= 4 is 49.8 Å². The molecule has 0 radical (unpaired) electrons. The first-order chi connectivity index (χ1) is 31.9. The van der Waals surface area contributed by atoms with Crippen molar-refractivity contribution in [1.29, 1.82) is 0 Å². The van der Waals surface area contributed by atoms with Gasteiger partial charge in [0.25, 0.3) is 0 Å². The van der Waals surface area contributed by atoms with Crippen LogP contribution in [-0.2, 0) is 5.41 Å². The molecule has 0 saturated carbocycles. The number of furan rings is 1. The molecular formula is C59H39NO. The van der Waals surface area contributed by atoms with Gasteiger partial charge in [0.05, 0.1) is 10.9 Å². The third kappa shape index (κ3) is 5.50. The van der Waals surface area contributed by atoms with Crippen LogP contribution in [0.1, 0.15) is 27.7 Å². The summed E-state index contributed by atoms with van der Waals surface area (Å²) in [6.07, 6.45) is 0. The molecular weight excluding hydrogens is 739 g/mol. The highest BCUT2D eigenvalue weighted by Crippen LogP contribution is 2.57. The number of anilines is 3. The Bertz CT molecular complexity index is 3580. The van der Waals surface area contributed by atoms with E-state index in [1.807, 2.05) is 77.7 Å². The number of para-hydroxylation sites is 1. The summed E-state index contributed by atoms with van der Waals surface area (Å²) < 4.78 is 45.5. The molecule has 12 rings (SSSR count). The van der Waals surface area contributed by atoms with Gasteiger partial charge in [-0.2, -0.15) is 0 Å². The molecule has 0 N–H and O–H groups in total. The molecule has 0 atom stereocenters. The highest BCUT2D eigenvalue weighted by Gasteiger charge is 2.46. The molecule has 0 bridgehead atoms. The maximum Gasteiger partial charge on any atom is 0.136 e. The first kappa shape index (κ1) is 31.0. The van der Waals surface area contributed by atoms with Crippen LogP contribution in [0, 0.1) is 0 Å². The Labute approximate surface area is 360 Å². The zero-order valence-electron chi connectivity index (χ0n) is 37.1. The van der Waals surface area contributed by atoms with Crippen LogP contribution in [0.15, 0.2) is 241 Å². The normalized spacial score (nSPS) is 13.6. The monoisotopic (exact) mass is 781 g/mol. The van der Waals surface area contributed by atoms with Gasteiger partial charge < -0.3 is 9.32 Å². The van der Waals surface area contributed by atoms with Crippen molar-refractivity contribution in [1.82, 2.24) is 0 Å². The van der Waals surface area contributed by atoms with Crippen LogP contribution in [0.2, 0.25) is 0 Å². The van der Waals surface area contributed by atoms with Crippen LogP contribution in [0.3, 0.4) is 0 Å². The number of hydrogen-bond donors (Lipinski definition) is 0. The van der Waals surface area contributed by atoms with Gasteiger partial charge in [0.1, 0.15) is 11.2 Å². The highest BCUT2D eigenvalue weighted by atomic mass is 16.3. The molecule has 0 aliphatic heterocycles. The van der Waals surface area contributed by atoms with Crippen LogP contribution in [0.25, 0.3) is 66.1 Å². The van der Waals surface area contributed by atoms with E-state index in [2.05, 4.69) is 140 Å². The minimum atomic E-state index is -0.695. The Hall–Kier alpha value is -7.94. The van der Waals surface area contributed by atoms with E-state index in [-0.39, 0.29) is 35.4 Å². The number of fused-ring (bicyclic) bond motifs is 7. The number of hydrogen-bond acceptors (Lipinski definition) is 2. The van der Waals surface area contributed by atoms with Crippen LogP contribution in [0.4, 0.5) is 17.1 Å². The Morgan fingerprint density at radius 3 is 1.74 bits per heavy atom. The first-order valence-corrected chi connectivity index (χ1v) is 20.7. The van der Waals surface area contributed by atoms with Crippen LogP contribution < -0.4 is 4.90 Å². The molecule has 10 aromatic carbocycles. The molecule has 11 aromatic rings. The molecule has 0 fully saturated rings. The minimum Gasteiger partial charge on any atom is -0.456 e. The summed E-state index contributed by atoms with van der Waals surface area (Å²) in [7, 11) is 0. The van der Waals surface area contributed by atoms with Crippen molar-refractivity contribution in [3.05, 3.63) is 259 Å². The Balaban J connectivity index is 1.11. The molecule has 1 aliphatic rings. The molecule has 0 unspecified atom stereocenters. The van der Waals surface area contributed by atoms with Crippen molar-refractivity contribution in [3.8, 4) is 33.4 Å². The van der Waals surface area contributed by atoms with E-state index in [1.54, 1.807) is 0 Å². The lowest BCUT2D eigenvalue weighted by atomic mass is 9.67. The molecule has 2 nitrogen and oxygen atoms in total. The van der Waals surface area contributed by atoms with Crippen LogP contribution in [-0.4, -0.2) is 0 Å². The molecule has 1 heterocycles. The summed E-state index contributed by atoms with van der Waals surface area (Å²) >= 11 is 0. The van der Waals surface area contributed by atoms with Gasteiger partial charge in [-0.3, -0.25) is 0 Å². The van der Waals surface area contributed by atoms with Gasteiger partial charge in [0.2, 0.25) is 0 Å². The number of rotatable bonds is 7. The lowest BCUT2D eigenvalue weighted by Gasteiger charge is -2.35. The van der Waals surface area contributed by atoms with Gasteiger partial charge in [-0.25, -0.2) is 0 Å². The summed E-state index contributed by atoms with van der Waals surface area (Å²) in [6, 6.07) is 71.9. The fourth-order valence-corrected chi connectivity index (χ4v) is 9.78. The van der Waals surface area contributed by atoms with E-state index in [9.17, 15) is 5.48 Å². The van der Waals surface area contributed by atoms with Gasteiger partial charge in [-0.05, 0) is 115 Å². The zero-order chi connectivity index (χ0) is 43.8. The molecule has 0 saturated heterocycles. The predicted molar refractivity (Wildman–Crippen MR) is 254 cm³/mol. The topological polar surface area (TPSA) is 16.4 Å². The largest absolute Gasteiger partial charge is 0.456 e. The Morgan fingerprint density at radius 2 is 0.951 bits per heavy atom. The average molecular weight is 782 g/mol. The molecule has 0 amide bonds. The SMILES string of the molecule is [2H]c1c([2H])c(N(c2ccc(-c3cccc4ccccc34)cc2)c2ccc3c(c2)C(c2ccccc2)(c2ccccc2)c2ccccc2-3)c([2H])c([2H])c1-c1cccc2oc3ccccc3c12. The number of benzene rings is 10. The zero-order valence-corrected chi connectivity index (χ0v) is 33.1. The molecule has 286 valence electrons. The number of nitrogens with zero attached hydrogens (tertiary/aromatic N) is 1. The van der Waals surface area contributed by atoms with Gasteiger partial charge in [0, 0.05) is 27.8 Å². The summed E-state index contributed by atoms with van der Waals surface area (Å²) in [5.41, 5.74) is 11.8. The third-order valence-electron chi connectivity index (χ3n) is 12.4. The van der Waals surface area contributed by atoms with Gasteiger partial charge in [-0.15, -0.1) is 0 Å². The average Bonchev–Trinajstić information content (AvgIpc) is 3.89. The van der Waals surface area contributed by atoms with E-state index < -0.39 is 5.41 Å². The maximum atomic E-state index is 9.90. The minimum absolute atomic E-state index is 0.132. The lowest BCUT2D eigenvalue weighted by molar-refractivity contribution is 0.669. The van der Waals surface area contributed by atoms with Gasteiger partial charge in [0.15, 0.2) is 0 Å². The van der Waals surface area contributed by atoms with E-state index in [1.165, 1.54) is 5.56 Å².